The zero-order valence-corrected chi connectivity index (χ0v) is 18.2. The lowest BCUT2D eigenvalue weighted by atomic mass is 9.99. The number of nitrogens with zero attached hydrogens (tertiary/aromatic N) is 4. The number of hydrogen-bond acceptors (Lipinski definition) is 4. The second kappa shape index (κ2) is 8.95. The lowest BCUT2D eigenvalue weighted by Gasteiger charge is -2.21. The smallest absolute Gasteiger partial charge is 0.253 e. The third kappa shape index (κ3) is 4.45. The van der Waals surface area contributed by atoms with Gasteiger partial charge >= 0.3 is 0 Å². The van der Waals surface area contributed by atoms with E-state index >= 15 is 0 Å². The van der Waals surface area contributed by atoms with Crippen molar-refractivity contribution >= 4 is 5.91 Å². The molecule has 0 unspecified atom stereocenters. The van der Waals surface area contributed by atoms with Gasteiger partial charge in [0.25, 0.3) is 5.56 Å². The Bertz CT molecular complexity index is 987. The summed E-state index contributed by atoms with van der Waals surface area (Å²) in [5.74, 6) is 1.86. The van der Waals surface area contributed by atoms with E-state index in [4.69, 9.17) is 4.98 Å². The molecule has 31 heavy (non-hydrogen) atoms. The van der Waals surface area contributed by atoms with Crippen LogP contribution in [0.4, 0.5) is 0 Å². The maximum Gasteiger partial charge on any atom is 0.253 e. The number of carbonyl (C=O) groups excluding carboxylic acids is 1. The van der Waals surface area contributed by atoms with Crippen molar-refractivity contribution in [1.29, 1.82) is 0 Å². The molecule has 0 bridgehead atoms. The molecule has 1 amide bonds. The number of aromatic nitrogens is 2. The number of benzene rings is 1. The molecule has 6 heteroatoms. The number of carbonyl (C=O) groups is 1. The van der Waals surface area contributed by atoms with Crippen LogP contribution in [0.25, 0.3) is 0 Å². The minimum absolute atomic E-state index is 0.0793. The van der Waals surface area contributed by atoms with Crippen molar-refractivity contribution < 1.29 is 4.79 Å². The predicted molar refractivity (Wildman–Crippen MR) is 120 cm³/mol. The Kier molecular flexibility index (Phi) is 5.90. The molecular formula is C25H32N4O2. The molecule has 6 nitrogen and oxygen atoms in total. The van der Waals surface area contributed by atoms with Crippen LogP contribution in [0.1, 0.15) is 61.0 Å². The molecule has 0 saturated carbocycles. The predicted octanol–water partition coefficient (Wildman–Crippen LogP) is 2.78. The van der Waals surface area contributed by atoms with Crippen LogP contribution in [0.2, 0.25) is 0 Å². The summed E-state index contributed by atoms with van der Waals surface area (Å²) in [6.45, 7) is 4.67. The molecule has 2 aromatic rings. The van der Waals surface area contributed by atoms with Crippen LogP contribution < -0.4 is 5.56 Å². The van der Waals surface area contributed by atoms with Crippen LogP contribution in [0.15, 0.2) is 41.2 Å². The van der Waals surface area contributed by atoms with E-state index in [0.717, 1.165) is 76.2 Å². The molecule has 4 heterocycles. The van der Waals surface area contributed by atoms with Crippen LogP contribution in [0, 0.1) is 0 Å². The Morgan fingerprint density at radius 1 is 0.968 bits per heavy atom. The fourth-order valence-corrected chi connectivity index (χ4v) is 5.44. The van der Waals surface area contributed by atoms with Gasteiger partial charge in [-0.25, -0.2) is 4.98 Å². The zero-order chi connectivity index (χ0) is 21.2. The highest BCUT2D eigenvalue weighted by molar-refractivity contribution is 5.78. The molecule has 1 aromatic heterocycles. The van der Waals surface area contributed by atoms with Crippen LogP contribution in [0.3, 0.4) is 0 Å². The van der Waals surface area contributed by atoms with Crippen LogP contribution in [0.5, 0.6) is 0 Å². The lowest BCUT2D eigenvalue weighted by Crippen LogP contribution is -2.38. The van der Waals surface area contributed by atoms with Gasteiger partial charge in [0.1, 0.15) is 5.82 Å². The van der Waals surface area contributed by atoms with Crippen LogP contribution in [-0.2, 0) is 17.8 Å². The summed E-state index contributed by atoms with van der Waals surface area (Å²) < 4.78 is 1.85. The van der Waals surface area contributed by atoms with Crippen LogP contribution in [-0.4, -0.2) is 58.0 Å². The Morgan fingerprint density at radius 3 is 2.68 bits per heavy atom. The van der Waals surface area contributed by atoms with Gasteiger partial charge in [0.05, 0.1) is 12.2 Å². The highest BCUT2D eigenvalue weighted by Gasteiger charge is 2.32. The third-order valence-electron chi connectivity index (χ3n) is 7.25. The number of likely N-dealkylation sites (tertiary alicyclic amines) is 2. The van der Waals surface area contributed by atoms with Crippen molar-refractivity contribution in [1.82, 2.24) is 19.4 Å². The van der Waals surface area contributed by atoms with Crippen molar-refractivity contribution in [3.8, 4) is 0 Å². The molecule has 0 radical (unpaired) electrons. The van der Waals surface area contributed by atoms with Gasteiger partial charge in [-0.3, -0.25) is 19.1 Å². The maximum absolute atomic E-state index is 13.0. The van der Waals surface area contributed by atoms with E-state index in [2.05, 4.69) is 35.2 Å². The monoisotopic (exact) mass is 420 g/mol. The fourth-order valence-electron chi connectivity index (χ4n) is 5.44. The number of aryl methyl sites for hydroxylation is 1. The van der Waals surface area contributed by atoms with E-state index in [0.29, 0.717) is 19.0 Å². The Hall–Kier alpha value is -2.47. The van der Waals surface area contributed by atoms with E-state index in [9.17, 15) is 9.59 Å². The van der Waals surface area contributed by atoms with Gasteiger partial charge in [0.2, 0.25) is 5.91 Å². The first-order valence-electron chi connectivity index (χ1n) is 11.8. The second-order valence-corrected chi connectivity index (χ2v) is 9.35. The van der Waals surface area contributed by atoms with Crippen molar-refractivity contribution in [2.24, 2.45) is 0 Å². The highest BCUT2D eigenvalue weighted by Crippen LogP contribution is 2.29. The quantitative estimate of drug-likeness (QED) is 0.763. The van der Waals surface area contributed by atoms with Gasteiger partial charge < -0.3 is 4.90 Å². The molecule has 3 aliphatic rings. The van der Waals surface area contributed by atoms with E-state index in [1.54, 1.807) is 6.07 Å². The summed E-state index contributed by atoms with van der Waals surface area (Å²) in [6.07, 6.45) is 6.21. The molecular weight excluding hydrogens is 388 g/mol. The molecule has 2 fully saturated rings. The van der Waals surface area contributed by atoms with Gasteiger partial charge in [0.15, 0.2) is 0 Å². The molecule has 2 saturated heterocycles. The van der Waals surface area contributed by atoms with Gasteiger partial charge in [-0.05, 0) is 43.7 Å². The minimum atomic E-state index is 0.0793. The summed E-state index contributed by atoms with van der Waals surface area (Å²) in [6, 6.07) is 12.3. The Balaban J connectivity index is 1.19. The largest absolute Gasteiger partial charge is 0.341 e. The Morgan fingerprint density at radius 2 is 1.81 bits per heavy atom. The second-order valence-electron chi connectivity index (χ2n) is 9.35. The third-order valence-corrected chi connectivity index (χ3v) is 7.25. The van der Waals surface area contributed by atoms with E-state index in [-0.39, 0.29) is 17.4 Å². The molecule has 0 spiro atoms. The topological polar surface area (TPSA) is 58.4 Å². The van der Waals surface area contributed by atoms with Crippen LogP contribution >= 0.6 is 0 Å². The lowest BCUT2D eigenvalue weighted by molar-refractivity contribution is -0.131. The molecule has 5 rings (SSSR count). The summed E-state index contributed by atoms with van der Waals surface area (Å²) in [7, 11) is 0. The minimum Gasteiger partial charge on any atom is -0.341 e. The van der Waals surface area contributed by atoms with Gasteiger partial charge in [-0.15, -0.1) is 0 Å². The molecule has 164 valence electrons. The first-order valence-corrected chi connectivity index (χ1v) is 11.8. The van der Waals surface area contributed by atoms with Crippen molar-refractivity contribution in [3.63, 3.8) is 0 Å². The summed E-state index contributed by atoms with van der Waals surface area (Å²) in [5.41, 5.74) is 2.34. The first-order chi connectivity index (χ1) is 15.2. The Labute approximate surface area is 183 Å². The van der Waals surface area contributed by atoms with Crippen molar-refractivity contribution in [2.45, 2.75) is 56.9 Å². The first kappa shape index (κ1) is 20.4. The molecule has 1 aromatic carbocycles. The van der Waals surface area contributed by atoms with Gasteiger partial charge in [0, 0.05) is 44.6 Å². The molecule has 0 aliphatic carbocycles. The molecule has 0 N–H and O–H groups in total. The van der Waals surface area contributed by atoms with Crippen molar-refractivity contribution in [3.05, 3.63) is 63.8 Å². The summed E-state index contributed by atoms with van der Waals surface area (Å²) in [5, 5.41) is 0. The molecule has 2 atom stereocenters. The average molecular weight is 421 g/mol. The van der Waals surface area contributed by atoms with E-state index < -0.39 is 0 Å². The number of fused-ring (bicyclic) bond motifs is 1. The maximum atomic E-state index is 13.0. The SMILES string of the molecule is O=C(CN1CC[C@@H](c2ccccc2)C1)N1CC[C@@H](c2cc(=O)n3c(n2)CCCCC3)C1. The molecule has 3 aliphatic heterocycles. The van der Waals surface area contributed by atoms with Gasteiger partial charge in [-0.1, -0.05) is 36.8 Å². The number of rotatable bonds is 4. The van der Waals surface area contributed by atoms with Crippen molar-refractivity contribution in [2.75, 3.05) is 32.7 Å². The fraction of sp³-hybridized carbons (Fsp3) is 0.560. The number of hydrogen-bond donors (Lipinski definition) is 0. The zero-order valence-electron chi connectivity index (χ0n) is 18.2. The summed E-state index contributed by atoms with van der Waals surface area (Å²) in [4.78, 5) is 34.7. The average Bonchev–Trinajstić information content (AvgIpc) is 3.40. The summed E-state index contributed by atoms with van der Waals surface area (Å²) >= 11 is 0. The highest BCUT2D eigenvalue weighted by atomic mass is 16.2. The van der Waals surface area contributed by atoms with E-state index in [1.165, 1.54) is 5.56 Å². The normalized spacial score (nSPS) is 24.2. The van der Waals surface area contributed by atoms with E-state index in [1.807, 2.05) is 9.47 Å². The standard InChI is InChI=1S/C25H32N4O2/c30-24-15-22(26-23-9-5-2-6-12-29(23)24)21-11-14-28(17-21)25(31)18-27-13-10-20(16-27)19-7-3-1-4-8-19/h1,3-4,7-8,15,20-21H,2,5-6,9-14,16-18H2/t20-,21-/m1/s1. The van der Waals surface area contributed by atoms with Gasteiger partial charge in [-0.2, -0.15) is 0 Å². The number of amides is 1.